The summed E-state index contributed by atoms with van der Waals surface area (Å²) < 4.78 is 2.22. The third-order valence-electron chi connectivity index (χ3n) is 4.81. The fourth-order valence-corrected chi connectivity index (χ4v) is 3.34. The number of hydrogen-bond donors (Lipinski definition) is 1. The van der Waals surface area contributed by atoms with E-state index < -0.39 is 0 Å². The highest BCUT2D eigenvalue weighted by Crippen LogP contribution is 2.33. The van der Waals surface area contributed by atoms with Crippen LogP contribution in [0.5, 0.6) is 0 Å². The highest BCUT2D eigenvalue weighted by Gasteiger charge is 2.27. The van der Waals surface area contributed by atoms with Crippen molar-refractivity contribution in [3.05, 3.63) is 18.0 Å². The Hall–Kier alpha value is -0.830. The molecule has 1 aromatic rings. The Kier molecular flexibility index (Phi) is 4.21. The number of aryl methyl sites for hydroxylation is 1. The zero-order valence-corrected chi connectivity index (χ0v) is 11.9. The second-order valence-electron chi connectivity index (χ2n) is 6.47. The SMILES string of the molecule is NC(CCCc1ccn(C2CCCCC2)n1)C1CC1. The van der Waals surface area contributed by atoms with Crippen molar-refractivity contribution >= 4 is 0 Å². The van der Waals surface area contributed by atoms with Gasteiger partial charge in [0, 0.05) is 12.2 Å². The van der Waals surface area contributed by atoms with Crippen LogP contribution in [0.3, 0.4) is 0 Å². The van der Waals surface area contributed by atoms with Crippen LogP contribution in [0.4, 0.5) is 0 Å². The molecule has 2 fully saturated rings. The lowest BCUT2D eigenvalue weighted by Gasteiger charge is -2.21. The maximum Gasteiger partial charge on any atom is 0.0624 e. The molecule has 0 amide bonds. The van der Waals surface area contributed by atoms with Crippen LogP contribution in [0.1, 0.15) is 69.5 Å². The largest absolute Gasteiger partial charge is 0.327 e. The summed E-state index contributed by atoms with van der Waals surface area (Å²) in [6.45, 7) is 0. The Morgan fingerprint density at radius 1 is 1.21 bits per heavy atom. The molecule has 1 atom stereocenters. The molecule has 3 rings (SSSR count). The molecule has 106 valence electrons. The maximum atomic E-state index is 6.14. The quantitative estimate of drug-likeness (QED) is 0.852. The summed E-state index contributed by atoms with van der Waals surface area (Å²) >= 11 is 0. The molecule has 3 nitrogen and oxygen atoms in total. The molecule has 2 saturated carbocycles. The van der Waals surface area contributed by atoms with Gasteiger partial charge in [-0.25, -0.2) is 0 Å². The Balaban J connectivity index is 1.44. The van der Waals surface area contributed by atoms with Crippen LogP contribution in [0, 0.1) is 5.92 Å². The van der Waals surface area contributed by atoms with Crippen molar-refractivity contribution < 1.29 is 0 Å². The first-order chi connectivity index (χ1) is 9.33. The number of nitrogens with zero attached hydrogens (tertiary/aromatic N) is 2. The van der Waals surface area contributed by atoms with Crippen molar-refractivity contribution in [3.63, 3.8) is 0 Å². The van der Waals surface area contributed by atoms with E-state index in [4.69, 9.17) is 10.8 Å². The average molecular weight is 261 g/mol. The van der Waals surface area contributed by atoms with Crippen LogP contribution in [0.15, 0.2) is 12.3 Å². The summed E-state index contributed by atoms with van der Waals surface area (Å²) in [5.41, 5.74) is 7.40. The van der Waals surface area contributed by atoms with Gasteiger partial charge in [0.1, 0.15) is 0 Å². The molecular weight excluding hydrogens is 234 g/mol. The standard InChI is InChI=1S/C16H27N3/c17-16(13-9-10-13)8-4-5-14-11-12-19(18-14)15-6-2-1-3-7-15/h11-13,15-16H,1-10,17H2. The van der Waals surface area contributed by atoms with Crippen LogP contribution in [-0.4, -0.2) is 15.8 Å². The van der Waals surface area contributed by atoms with Gasteiger partial charge in [0.2, 0.25) is 0 Å². The molecule has 2 N–H and O–H groups in total. The normalized spacial score (nSPS) is 22.6. The Labute approximate surface area is 116 Å². The summed E-state index contributed by atoms with van der Waals surface area (Å²) in [6.07, 6.45) is 15.1. The van der Waals surface area contributed by atoms with E-state index in [0.717, 1.165) is 12.3 Å². The predicted molar refractivity (Wildman–Crippen MR) is 78.0 cm³/mol. The van der Waals surface area contributed by atoms with Crippen LogP contribution in [0.25, 0.3) is 0 Å². The summed E-state index contributed by atoms with van der Waals surface area (Å²) in [7, 11) is 0. The zero-order valence-electron chi connectivity index (χ0n) is 11.9. The van der Waals surface area contributed by atoms with E-state index in [9.17, 15) is 0 Å². The monoisotopic (exact) mass is 261 g/mol. The number of nitrogens with two attached hydrogens (primary N) is 1. The van der Waals surface area contributed by atoms with Gasteiger partial charge in [-0.3, -0.25) is 4.68 Å². The molecule has 0 bridgehead atoms. The second-order valence-corrected chi connectivity index (χ2v) is 6.47. The third-order valence-corrected chi connectivity index (χ3v) is 4.81. The first kappa shape index (κ1) is 13.2. The molecule has 0 saturated heterocycles. The van der Waals surface area contributed by atoms with Crippen molar-refractivity contribution in [2.45, 2.75) is 76.3 Å². The van der Waals surface area contributed by atoms with Crippen molar-refractivity contribution in [2.75, 3.05) is 0 Å². The summed E-state index contributed by atoms with van der Waals surface area (Å²) in [4.78, 5) is 0. The Bertz CT molecular complexity index is 388. The topological polar surface area (TPSA) is 43.8 Å². The van der Waals surface area contributed by atoms with Crippen molar-refractivity contribution in [3.8, 4) is 0 Å². The second kappa shape index (κ2) is 6.08. The van der Waals surface area contributed by atoms with Gasteiger partial charge in [-0.1, -0.05) is 19.3 Å². The maximum absolute atomic E-state index is 6.14. The summed E-state index contributed by atoms with van der Waals surface area (Å²) in [6, 6.07) is 3.31. The van der Waals surface area contributed by atoms with Gasteiger partial charge in [-0.15, -0.1) is 0 Å². The van der Waals surface area contributed by atoms with Gasteiger partial charge in [-0.05, 0) is 56.9 Å². The van der Waals surface area contributed by atoms with E-state index in [1.54, 1.807) is 0 Å². The lowest BCUT2D eigenvalue weighted by atomic mass is 9.96. The van der Waals surface area contributed by atoms with Crippen LogP contribution >= 0.6 is 0 Å². The van der Waals surface area contributed by atoms with Crippen LogP contribution in [-0.2, 0) is 6.42 Å². The molecule has 0 radical (unpaired) electrons. The first-order valence-corrected chi connectivity index (χ1v) is 8.12. The number of hydrogen-bond acceptors (Lipinski definition) is 2. The van der Waals surface area contributed by atoms with E-state index in [1.807, 2.05) is 0 Å². The molecule has 1 unspecified atom stereocenters. The molecule has 0 aromatic carbocycles. The third kappa shape index (κ3) is 3.59. The highest BCUT2D eigenvalue weighted by molar-refractivity contribution is 5.00. The minimum absolute atomic E-state index is 0.445. The van der Waals surface area contributed by atoms with Gasteiger partial charge < -0.3 is 5.73 Å². The number of rotatable bonds is 6. The lowest BCUT2D eigenvalue weighted by molar-refractivity contribution is 0.328. The van der Waals surface area contributed by atoms with E-state index in [-0.39, 0.29) is 0 Å². The Morgan fingerprint density at radius 3 is 2.74 bits per heavy atom. The first-order valence-electron chi connectivity index (χ1n) is 8.12. The minimum Gasteiger partial charge on any atom is -0.327 e. The van der Waals surface area contributed by atoms with Gasteiger partial charge >= 0.3 is 0 Å². The van der Waals surface area contributed by atoms with E-state index in [1.165, 1.54) is 63.5 Å². The van der Waals surface area contributed by atoms with Gasteiger partial charge in [0.05, 0.1) is 11.7 Å². The summed E-state index contributed by atoms with van der Waals surface area (Å²) in [5.74, 6) is 0.833. The zero-order chi connectivity index (χ0) is 13.1. The highest BCUT2D eigenvalue weighted by atomic mass is 15.3. The minimum atomic E-state index is 0.445. The van der Waals surface area contributed by atoms with E-state index in [2.05, 4.69) is 16.9 Å². The molecule has 2 aliphatic rings. The molecule has 0 spiro atoms. The predicted octanol–water partition coefficient (Wildman–Crippen LogP) is 3.45. The molecule has 1 aromatic heterocycles. The molecule has 19 heavy (non-hydrogen) atoms. The van der Waals surface area contributed by atoms with Gasteiger partial charge in [0.25, 0.3) is 0 Å². The molecule has 2 aliphatic carbocycles. The number of aromatic nitrogens is 2. The van der Waals surface area contributed by atoms with Crippen molar-refractivity contribution in [1.29, 1.82) is 0 Å². The van der Waals surface area contributed by atoms with Gasteiger partial charge in [0.15, 0.2) is 0 Å². The lowest BCUT2D eigenvalue weighted by Crippen LogP contribution is -2.22. The van der Waals surface area contributed by atoms with Crippen LogP contribution in [0.2, 0.25) is 0 Å². The fourth-order valence-electron chi connectivity index (χ4n) is 3.34. The molecule has 3 heteroatoms. The van der Waals surface area contributed by atoms with E-state index in [0.29, 0.717) is 12.1 Å². The Morgan fingerprint density at radius 2 is 2.00 bits per heavy atom. The molecule has 0 aliphatic heterocycles. The average Bonchev–Trinajstić information content (AvgIpc) is 3.20. The van der Waals surface area contributed by atoms with Crippen LogP contribution < -0.4 is 5.73 Å². The van der Waals surface area contributed by atoms with Crippen molar-refractivity contribution in [1.82, 2.24) is 9.78 Å². The summed E-state index contributed by atoms with van der Waals surface area (Å²) in [5, 5.41) is 4.77. The smallest absolute Gasteiger partial charge is 0.0624 e. The van der Waals surface area contributed by atoms with Gasteiger partial charge in [-0.2, -0.15) is 5.10 Å². The molecule has 1 heterocycles. The fraction of sp³-hybridized carbons (Fsp3) is 0.812. The van der Waals surface area contributed by atoms with Crippen molar-refractivity contribution in [2.24, 2.45) is 11.7 Å². The molecular formula is C16H27N3. The van der Waals surface area contributed by atoms with E-state index >= 15 is 0 Å².